The lowest BCUT2D eigenvalue weighted by Crippen LogP contribution is -2.65. The molecule has 1 unspecified atom stereocenters. The summed E-state index contributed by atoms with van der Waals surface area (Å²) in [6.45, 7) is 6.58. The minimum absolute atomic E-state index is 0.493. The molecule has 19 heteroatoms. The molecule has 2 heterocycles. The van der Waals surface area contributed by atoms with E-state index in [1.54, 1.807) is 24.3 Å². The summed E-state index contributed by atoms with van der Waals surface area (Å²) in [5.41, 5.74) is 0.493. The van der Waals surface area contributed by atoms with Crippen molar-refractivity contribution in [2.45, 2.75) is 110 Å². The lowest BCUT2D eigenvalue weighted by atomic mass is 9.96. The second-order valence-electron chi connectivity index (χ2n) is 11.4. The van der Waals surface area contributed by atoms with Gasteiger partial charge in [0, 0.05) is 58.6 Å². The number of hydrogen-bond donors (Lipinski definition) is 1. The number of anilines is 1. The van der Waals surface area contributed by atoms with Crippen LogP contribution in [0.4, 0.5) is 5.69 Å². The molecule has 2 saturated heterocycles. The maximum atomic E-state index is 12.3. The summed E-state index contributed by atoms with van der Waals surface area (Å²) < 4.78 is 57.1. The fourth-order valence-corrected chi connectivity index (χ4v) is 5.63. The molecule has 51 heavy (non-hydrogen) atoms. The van der Waals surface area contributed by atoms with E-state index in [0.29, 0.717) is 5.69 Å². The molecule has 3 rings (SSSR count). The number of halogens is 1. The molecule has 1 aromatic rings. The Hall–Kier alpha value is -4.33. The second-order valence-corrected chi connectivity index (χ2v) is 12.3. The van der Waals surface area contributed by atoms with Crippen LogP contribution >= 0.6 is 15.9 Å². The first-order chi connectivity index (χ1) is 23.9. The Balaban J connectivity index is 2.06. The summed E-state index contributed by atoms with van der Waals surface area (Å²) in [4.78, 5) is 85.2. The van der Waals surface area contributed by atoms with Crippen molar-refractivity contribution in [2.24, 2.45) is 0 Å². The summed E-state index contributed by atoms with van der Waals surface area (Å²) >= 11 is 3.35. The third kappa shape index (κ3) is 12.4. The Bertz CT molecular complexity index is 1440. The highest BCUT2D eigenvalue weighted by Crippen LogP contribution is 2.33. The van der Waals surface area contributed by atoms with E-state index in [4.69, 9.17) is 47.4 Å². The number of carbonyl (C=O) groups is 7. The summed E-state index contributed by atoms with van der Waals surface area (Å²) in [7, 11) is 0. The first-order valence-corrected chi connectivity index (χ1v) is 16.4. The van der Waals surface area contributed by atoms with Crippen molar-refractivity contribution >= 4 is 63.4 Å². The molecule has 0 bridgehead atoms. The van der Waals surface area contributed by atoms with E-state index in [1.807, 2.05) is 0 Å². The number of carbonyl (C=O) groups excluding carboxylic acids is 7. The molecule has 0 amide bonds. The molecule has 0 saturated carbocycles. The molecule has 2 aliphatic heterocycles. The summed E-state index contributed by atoms with van der Waals surface area (Å²) in [5.74, 6) is -5.65. The predicted octanol–water partition coefficient (Wildman–Crippen LogP) is 1.48. The van der Waals surface area contributed by atoms with E-state index in [-0.39, 0.29) is 0 Å². The van der Waals surface area contributed by atoms with Gasteiger partial charge in [0.25, 0.3) is 0 Å². The number of nitrogens with one attached hydrogen (secondary N) is 1. The van der Waals surface area contributed by atoms with Crippen LogP contribution in [-0.2, 0) is 80.9 Å². The zero-order chi connectivity index (χ0) is 38.0. The van der Waals surface area contributed by atoms with Crippen molar-refractivity contribution < 1.29 is 80.9 Å². The van der Waals surface area contributed by atoms with Crippen LogP contribution in [0.3, 0.4) is 0 Å². The average molecular weight is 791 g/mol. The van der Waals surface area contributed by atoms with Crippen LogP contribution in [-0.4, -0.2) is 116 Å². The lowest BCUT2D eigenvalue weighted by molar-refractivity contribution is -0.318. The highest BCUT2D eigenvalue weighted by molar-refractivity contribution is 9.10. The summed E-state index contributed by atoms with van der Waals surface area (Å²) in [5, 5.41) is 3.07. The van der Waals surface area contributed by atoms with Gasteiger partial charge in [-0.15, -0.1) is 0 Å². The van der Waals surface area contributed by atoms with E-state index in [9.17, 15) is 33.6 Å². The fourth-order valence-electron chi connectivity index (χ4n) is 5.37. The molecule has 0 aromatic heterocycles. The topological polar surface area (TPSA) is 224 Å². The van der Waals surface area contributed by atoms with E-state index < -0.39 is 116 Å². The van der Waals surface area contributed by atoms with Crippen LogP contribution < -0.4 is 5.32 Å². The first kappa shape index (κ1) is 41.1. The van der Waals surface area contributed by atoms with Crippen LogP contribution in [0.15, 0.2) is 28.7 Å². The molecule has 10 atom stereocenters. The van der Waals surface area contributed by atoms with Crippen molar-refractivity contribution in [3.05, 3.63) is 28.7 Å². The Morgan fingerprint density at radius 3 is 1.43 bits per heavy atom. The van der Waals surface area contributed by atoms with Gasteiger partial charge in [0.2, 0.25) is 0 Å². The van der Waals surface area contributed by atoms with E-state index in [1.165, 1.54) is 0 Å². The van der Waals surface area contributed by atoms with Crippen LogP contribution in [0, 0.1) is 0 Å². The number of ether oxygens (including phenoxy) is 10. The van der Waals surface area contributed by atoms with Gasteiger partial charge in [0.15, 0.2) is 49.1 Å². The molecule has 18 nitrogen and oxygen atoms in total. The van der Waals surface area contributed by atoms with Crippen LogP contribution in [0.5, 0.6) is 0 Å². The molecular formula is C32H40BrNO17. The van der Waals surface area contributed by atoms with Crippen molar-refractivity contribution in [1.29, 1.82) is 0 Å². The van der Waals surface area contributed by atoms with Crippen LogP contribution in [0.2, 0.25) is 0 Å². The van der Waals surface area contributed by atoms with E-state index in [0.717, 1.165) is 52.9 Å². The lowest BCUT2D eigenvalue weighted by Gasteiger charge is -2.46. The van der Waals surface area contributed by atoms with Crippen LogP contribution in [0.1, 0.15) is 48.5 Å². The molecule has 1 aromatic carbocycles. The molecule has 2 aliphatic rings. The van der Waals surface area contributed by atoms with Gasteiger partial charge in [0.1, 0.15) is 18.8 Å². The molecule has 2 fully saturated rings. The minimum atomic E-state index is -1.62. The smallest absolute Gasteiger partial charge is 0.303 e. The minimum Gasteiger partial charge on any atom is -0.463 e. The van der Waals surface area contributed by atoms with Gasteiger partial charge < -0.3 is 52.7 Å². The van der Waals surface area contributed by atoms with E-state index >= 15 is 0 Å². The van der Waals surface area contributed by atoms with Crippen molar-refractivity contribution in [3.8, 4) is 0 Å². The Labute approximate surface area is 301 Å². The first-order valence-electron chi connectivity index (χ1n) is 15.6. The van der Waals surface area contributed by atoms with Gasteiger partial charge in [0.05, 0.1) is 6.61 Å². The molecule has 0 spiro atoms. The van der Waals surface area contributed by atoms with Gasteiger partial charge in [-0.1, -0.05) is 15.9 Å². The normalized spacial score (nSPS) is 28.6. The monoisotopic (exact) mass is 789 g/mol. The molecule has 0 aliphatic carbocycles. The van der Waals surface area contributed by atoms with Gasteiger partial charge in [-0.2, -0.15) is 0 Å². The standard InChI is InChI=1S/C32H40BrNO17/c1-14(35)42-12-24-26(45-16(3)37)28(47-18(5)39)30(49-20(7)41)32(51-24)43-13-23-25(44-15(2)36)27(46-17(4)38)29(48-19(6)40)31(50-23)34-22-10-8-21(33)9-11-22/h8-11,23-32,34H,12-13H2,1-7H3/t23-,24-,25-,26+,27+,28+,29-,30-,31?,32+/m1/s1. The van der Waals surface area contributed by atoms with Crippen LogP contribution in [0.25, 0.3) is 0 Å². The van der Waals surface area contributed by atoms with Gasteiger partial charge in [-0.25, -0.2) is 0 Å². The predicted molar refractivity (Wildman–Crippen MR) is 171 cm³/mol. The highest BCUT2D eigenvalue weighted by Gasteiger charge is 2.55. The SMILES string of the molecule is CC(=O)OC[C@H]1O[C@H](OC[C@H]2OC(Nc3ccc(Br)cc3)[C@H](OC(C)=O)[C@@H](OC(C)=O)[C@@H]2OC(C)=O)[C@H](OC(C)=O)[C@@H](OC(C)=O)[C@H]1OC(C)=O. The average Bonchev–Trinajstić information content (AvgIpc) is 3.00. The third-order valence-electron chi connectivity index (χ3n) is 7.07. The second kappa shape index (κ2) is 18.8. The molecule has 1 N–H and O–H groups in total. The van der Waals surface area contributed by atoms with Crippen molar-refractivity contribution in [2.75, 3.05) is 18.5 Å². The van der Waals surface area contributed by atoms with Gasteiger partial charge >= 0.3 is 41.8 Å². The molecule has 0 radical (unpaired) electrons. The number of hydrogen-bond acceptors (Lipinski definition) is 18. The Morgan fingerprint density at radius 1 is 0.549 bits per heavy atom. The fraction of sp³-hybridized carbons (Fsp3) is 0.594. The van der Waals surface area contributed by atoms with Gasteiger partial charge in [-0.3, -0.25) is 33.6 Å². The largest absolute Gasteiger partial charge is 0.463 e. The highest BCUT2D eigenvalue weighted by atomic mass is 79.9. The van der Waals surface area contributed by atoms with Crippen molar-refractivity contribution in [1.82, 2.24) is 0 Å². The summed E-state index contributed by atoms with van der Waals surface area (Å²) in [6.07, 6.45) is -14.3. The van der Waals surface area contributed by atoms with E-state index in [2.05, 4.69) is 21.2 Å². The maximum absolute atomic E-state index is 12.3. The van der Waals surface area contributed by atoms with Gasteiger partial charge in [-0.05, 0) is 24.3 Å². The number of rotatable bonds is 13. The molecular weight excluding hydrogens is 750 g/mol. The number of esters is 7. The maximum Gasteiger partial charge on any atom is 0.303 e. The zero-order valence-corrected chi connectivity index (χ0v) is 30.4. The summed E-state index contributed by atoms with van der Waals surface area (Å²) in [6, 6.07) is 6.81. The van der Waals surface area contributed by atoms with Crippen molar-refractivity contribution in [3.63, 3.8) is 0 Å². The zero-order valence-electron chi connectivity index (χ0n) is 28.8. The third-order valence-corrected chi connectivity index (χ3v) is 7.59. The molecule has 282 valence electrons. The Kier molecular flexibility index (Phi) is 15.1. The quantitative estimate of drug-likeness (QED) is 0.221. The number of benzene rings is 1. The Morgan fingerprint density at radius 2 is 0.961 bits per heavy atom.